The fourth-order valence-corrected chi connectivity index (χ4v) is 1.64. The topological polar surface area (TPSA) is 24.9 Å². The Bertz CT molecular complexity index is 328. The number of hydrogen-bond acceptors (Lipinski definition) is 2. The molecular formula is C8H7Br2ClN2. The minimum absolute atomic E-state index is 0.607. The lowest BCUT2D eigenvalue weighted by molar-refractivity contribution is 1.21. The molecular weight excluding hydrogens is 319 g/mol. The van der Waals surface area contributed by atoms with Gasteiger partial charge in [-0.3, -0.25) is 0 Å². The largest absolute Gasteiger partial charge is 0.365 e. The number of hydrogen-bond donors (Lipinski definition) is 1. The summed E-state index contributed by atoms with van der Waals surface area (Å²) in [7, 11) is 0. The van der Waals surface area contributed by atoms with Crippen molar-refractivity contribution in [2.24, 2.45) is 0 Å². The highest BCUT2D eigenvalue weighted by Crippen LogP contribution is 2.23. The lowest BCUT2D eigenvalue weighted by atomic mass is 10.4. The maximum atomic E-state index is 5.73. The monoisotopic (exact) mass is 324 g/mol. The van der Waals surface area contributed by atoms with Crippen LogP contribution in [0.2, 0.25) is 5.02 Å². The highest BCUT2D eigenvalue weighted by molar-refractivity contribution is 9.11. The van der Waals surface area contributed by atoms with Crippen LogP contribution >= 0.6 is 43.5 Å². The minimum atomic E-state index is 0.607. The van der Waals surface area contributed by atoms with E-state index < -0.39 is 0 Å². The zero-order valence-electron chi connectivity index (χ0n) is 6.65. The first-order chi connectivity index (χ1) is 6.09. The van der Waals surface area contributed by atoms with Gasteiger partial charge in [-0.15, -0.1) is 0 Å². The summed E-state index contributed by atoms with van der Waals surface area (Å²) in [5.74, 6) is 0.755. The molecule has 13 heavy (non-hydrogen) atoms. The van der Waals surface area contributed by atoms with Crippen LogP contribution < -0.4 is 5.32 Å². The van der Waals surface area contributed by atoms with E-state index in [1.807, 2.05) is 0 Å². The number of nitrogens with one attached hydrogen (secondary N) is 1. The van der Waals surface area contributed by atoms with E-state index >= 15 is 0 Å². The van der Waals surface area contributed by atoms with Crippen LogP contribution in [0.5, 0.6) is 0 Å². The molecule has 1 N–H and O–H groups in total. The number of halogens is 3. The van der Waals surface area contributed by atoms with E-state index in [0.29, 0.717) is 11.6 Å². The van der Waals surface area contributed by atoms with E-state index in [1.165, 1.54) is 0 Å². The molecule has 0 amide bonds. The van der Waals surface area contributed by atoms with Gasteiger partial charge in [0.25, 0.3) is 0 Å². The molecule has 0 spiro atoms. The molecule has 1 aromatic rings. The minimum Gasteiger partial charge on any atom is -0.365 e. The highest BCUT2D eigenvalue weighted by atomic mass is 79.9. The van der Waals surface area contributed by atoms with Crippen molar-refractivity contribution in [3.05, 3.63) is 32.8 Å². The maximum Gasteiger partial charge on any atom is 0.140 e. The Hall–Kier alpha value is -0.0600. The van der Waals surface area contributed by atoms with Gasteiger partial charge in [0.05, 0.1) is 9.50 Å². The molecule has 0 atom stereocenters. The van der Waals surface area contributed by atoms with Gasteiger partial charge in [0.2, 0.25) is 0 Å². The van der Waals surface area contributed by atoms with Crippen LogP contribution in [0.15, 0.2) is 27.8 Å². The van der Waals surface area contributed by atoms with Gasteiger partial charge in [-0.1, -0.05) is 34.1 Å². The van der Waals surface area contributed by atoms with Gasteiger partial charge in [-0.2, -0.15) is 0 Å². The van der Waals surface area contributed by atoms with Gasteiger partial charge in [-0.05, 0) is 22.0 Å². The Morgan fingerprint density at radius 3 is 2.92 bits per heavy atom. The Morgan fingerprint density at radius 1 is 1.69 bits per heavy atom. The van der Waals surface area contributed by atoms with Gasteiger partial charge >= 0.3 is 0 Å². The van der Waals surface area contributed by atoms with Crippen molar-refractivity contribution < 1.29 is 0 Å². The molecule has 0 aromatic carbocycles. The zero-order chi connectivity index (χ0) is 9.84. The first kappa shape index (κ1) is 11.0. The van der Waals surface area contributed by atoms with Gasteiger partial charge in [-0.25, -0.2) is 4.98 Å². The summed E-state index contributed by atoms with van der Waals surface area (Å²) in [4.78, 5) is 4.10. The molecule has 0 bridgehead atoms. The average molecular weight is 326 g/mol. The second-order valence-electron chi connectivity index (χ2n) is 2.35. The number of rotatable bonds is 3. The first-order valence-corrected chi connectivity index (χ1v) is 5.44. The normalized spacial score (nSPS) is 9.77. The van der Waals surface area contributed by atoms with Gasteiger partial charge in [0.1, 0.15) is 5.82 Å². The quantitative estimate of drug-likeness (QED) is 0.913. The molecule has 0 radical (unpaired) electrons. The summed E-state index contributed by atoms with van der Waals surface area (Å²) in [6, 6.07) is 1.79. The van der Waals surface area contributed by atoms with Crippen LogP contribution in [0, 0.1) is 0 Å². The van der Waals surface area contributed by atoms with Gasteiger partial charge in [0.15, 0.2) is 0 Å². The molecule has 1 heterocycles. The predicted octanol–water partition coefficient (Wildman–Crippen LogP) is 3.82. The van der Waals surface area contributed by atoms with Crippen LogP contribution in [-0.2, 0) is 0 Å². The van der Waals surface area contributed by atoms with Crippen molar-refractivity contribution in [3.63, 3.8) is 0 Å². The third-order valence-electron chi connectivity index (χ3n) is 1.26. The van der Waals surface area contributed by atoms with Gasteiger partial charge in [0, 0.05) is 17.2 Å². The Labute approximate surface area is 98.6 Å². The number of anilines is 1. The molecule has 0 aliphatic rings. The molecule has 70 valence electrons. The Morgan fingerprint density at radius 2 is 2.38 bits per heavy atom. The maximum absolute atomic E-state index is 5.73. The second-order valence-corrected chi connectivity index (χ2v) is 4.77. The lowest BCUT2D eigenvalue weighted by Crippen LogP contribution is -2.02. The third kappa shape index (κ3) is 3.67. The lowest BCUT2D eigenvalue weighted by Gasteiger charge is -2.05. The molecule has 0 aliphatic heterocycles. The first-order valence-electron chi connectivity index (χ1n) is 3.48. The highest BCUT2D eigenvalue weighted by Gasteiger charge is 2.01. The summed E-state index contributed by atoms with van der Waals surface area (Å²) in [5, 5.41) is 3.68. The van der Waals surface area contributed by atoms with Crippen LogP contribution in [-0.4, -0.2) is 11.5 Å². The van der Waals surface area contributed by atoms with Crippen molar-refractivity contribution in [1.29, 1.82) is 0 Å². The molecule has 1 aromatic heterocycles. The van der Waals surface area contributed by atoms with E-state index in [1.54, 1.807) is 12.3 Å². The summed E-state index contributed by atoms with van der Waals surface area (Å²) in [5.41, 5.74) is 0. The second kappa shape index (κ2) is 4.98. The summed E-state index contributed by atoms with van der Waals surface area (Å²) < 4.78 is 1.71. The fraction of sp³-hybridized carbons (Fsp3) is 0.125. The average Bonchev–Trinajstić information content (AvgIpc) is 2.02. The molecule has 5 heteroatoms. The van der Waals surface area contributed by atoms with Crippen LogP contribution in [0.25, 0.3) is 0 Å². The predicted molar refractivity (Wildman–Crippen MR) is 63.5 cm³/mol. The van der Waals surface area contributed by atoms with Crippen molar-refractivity contribution in [3.8, 4) is 0 Å². The number of nitrogens with zero attached hydrogens (tertiary/aromatic N) is 1. The SMILES string of the molecule is C=C(Br)CNc1ncc(Cl)cc1Br. The van der Waals surface area contributed by atoms with Crippen LogP contribution in [0.1, 0.15) is 0 Å². The molecule has 0 saturated heterocycles. The third-order valence-corrected chi connectivity index (χ3v) is 2.35. The Balaban J connectivity index is 2.72. The molecule has 0 saturated carbocycles. The van der Waals surface area contributed by atoms with Crippen molar-refractivity contribution in [2.45, 2.75) is 0 Å². The van der Waals surface area contributed by atoms with Crippen LogP contribution in [0.3, 0.4) is 0 Å². The van der Waals surface area contributed by atoms with Crippen LogP contribution in [0.4, 0.5) is 5.82 Å². The van der Waals surface area contributed by atoms with E-state index in [-0.39, 0.29) is 0 Å². The molecule has 0 aliphatic carbocycles. The standard InChI is InChI=1S/C8H7Br2ClN2/c1-5(9)3-12-8-7(10)2-6(11)4-13-8/h2,4H,1,3H2,(H,12,13). The van der Waals surface area contributed by atoms with E-state index in [9.17, 15) is 0 Å². The molecule has 0 fully saturated rings. The summed E-state index contributed by atoms with van der Waals surface area (Å²) in [6.45, 7) is 4.33. The molecule has 1 rings (SSSR count). The zero-order valence-corrected chi connectivity index (χ0v) is 10.6. The fourth-order valence-electron chi connectivity index (χ4n) is 0.724. The summed E-state index contributed by atoms with van der Waals surface area (Å²) in [6.07, 6.45) is 1.59. The molecule has 2 nitrogen and oxygen atoms in total. The van der Waals surface area contributed by atoms with Crippen molar-refractivity contribution in [1.82, 2.24) is 4.98 Å². The smallest absolute Gasteiger partial charge is 0.140 e. The molecule has 0 unspecified atom stereocenters. The number of pyridine rings is 1. The van der Waals surface area contributed by atoms with E-state index in [0.717, 1.165) is 14.8 Å². The Kier molecular flexibility index (Phi) is 4.22. The van der Waals surface area contributed by atoms with Crippen molar-refractivity contribution >= 4 is 49.3 Å². The number of aromatic nitrogens is 1. The van der Waals surface area contributed by atoms with E-state index in [4.69, 9.17) is 11.6 Å². The van der Waals surface area contributed by atoms with Gasteiger partial charge < -0.3 is 5.32 Å². The van der Waals surface area contributed by atoms with E-state index in [2.05, 4.69) is 48.7 Å². The summed E-state index contributed by atoms with van der Waals surface area (Å²) >= 11 is 12.3. The van der Waals surface area contributed by atoms with Crippen molar-refractivity contribution in [2.75, 3.05) is 11.9 Å².